The van der Waals surface area contributed by atoms with Gasteiger partial charge >= 0.3 is 0 Å². The summed E-state index contributed by atoms with van der Waals surface area (Å²) < 4.78 is 68.3. The predicted octanol–water partition coefficient (Wildman–Crippen LogP) is 2.14. The Labute approximate surface area is 268 Å². The van der Waals surface area contributed by atoms with Crippen molar-refractivity contribution in [3.05, 3.63) is 53.6 Å². The highest BCUT2D eigenvalue weighted by Gasteiger charge is 2.44. The SMILES string of the molecule is CN(C)CCCNS(=O)(=O)c1cccc(OC[C@@H](O)CNC2COC3(CCN(S(=O)(=O)c4ccc5c(c4)CCCC5)CC3)C2)c1. The molecule has 5 rings (SSSR count). The molecule has 0 aromatic heterocycles. The Balaban J connectivity index is 1.05. The number of fused-ring (bicyclic) bond motifs is 1. The van der Waals surface area contributed by atoms with Crippen molar-refractivity contribution >= 4 is 20.0 Å². The number of aryl methyl sites for hydroxylation is 2. The topological polar surface area (TPSA) is 138 Å². The number of nitrogens with one attached hydrogen (secondary N) is 2. The smallest absolute Gasteiger partial charge is 0.243 e. The van der Waals surface area contributed by atoms with Crippen LogP contribution in [-0.4, -0.2) is 109 Å². The van der Waals surface area contributed by atoms with Gasteiger partial charge < -0.3 is 24.8 Å². The summed E-state index contributed by atoms with van der Waals surface area (Å²) in [6.07, 6.45) is 6.13. The molecule has 45 heavy (non-hydrogen) atoms. The van der Waals surface area contributed by atoms with E-state index >= 15 is 0 Å². The first-order valence-electron chi connectivity index (χ1n) is 16.0. The highest BCUT2D eigenvalue weighted by molar-refractivity contribution is 7.89. The average Bonchev–Trinajstić information content (AvgIpc) is 3.43. The zero-order chi connectivity index (χ0) is 32.1. The zero-order valence-corrected chi connectivity index (χ0v) is 28.0. The van der Waals surface area contributed by atoms with Crippen LogP contribution in [0.3, 0.4) is 0 Å². The molecule has 0 amide bonds. The number of hydrogen-bond acceptors (Lipinski definition) is 9. The molecule has 2 heterocycles. The fourth-order valence-electron chi connectivity index (χ4n) is 6.45. The molecule has 11 nitrogen and oxygen atoms in total. The van der Waals surface area contributed by atoms with Crippen LogP contribution in [0.25, 0.3) is 0 Å². The number of ether oxygens (including phenoxy) is 2. The normalized spacial score (nSPS) is 21.2. The molecule has 0 radical (unpaired) electrons. The van der Waals surface area contributed by atoms with E-state index in [9.17, 15) is 21.9 Å². The van der Waals surface area contributed by atoms with Crippen molar-refractivity contribution in [2.24, 2.45) is 0 Å². The van der Waals surface area contributed by atoms with Crippen LogP contribution in [0.5, 0.6) is 5.75 Å². The maximum absolute atomic E-state index is 13.4. The maximum atomic E-state index is 13.4. The Hall–Kier alpha value is -2.10. The van der Waals surface area contributed by atoms with Crippen molar-refractivity contribution in [2.45, 2.75) is 78.9 Å². The third-order valence-corrected chi connectivity index (χ3v) is 12.4. The highest BCUT2D eigenvalue weighted by atomic mass is 32.2. The minimum absolute atomic E-state index is 0.000989. The molecule has 0 saturated carbocycles. The molecule has 2 atom stereocenters. The minimum Gasteiger partial charge on any atom is -0.491 e. The van der Waals surface area contributed by atoms with E-state index in [2.05, 4.69) is 10.0 Å². The molecule has 2 aromatic carbocycles. The van der Waals surface area contributed by atoms with Crippen molar-refractivity contribution in [3.8, 4) is 5.75 Å². The van der Waals surface area contributed by atoms with Gasteiger partial charge in [-0.05, 0) is 107 Å². The molecule has 0 bridgehead atoms. The molecule has 2 aromatic rings. The van der Waals surface area contributed by atoms with Gasteiger partial charge in [0, 0.05) is 38.3 Å². The van der Waals surface area contributed by atoms with E-state index in [4.69, 9.17) is 9.47 Å². The number of aliphatic hydroxyl groups excluding tert-OH is 1. The van der Waals surface area contributed by atoms with Gasteiger partial charge in [0.15, 0.2) is 0 Å². The van der Waals surface area contributed by atoms with E-state index in [-0.39, 0.29) is 29.7 Å². The van der Waals surface area contributed by atoms with E-state index < -0.39 is 26.2 Å². The summed E-state index contributed by atoms with van der Waals surface area (Å²) >= 11 is 0. The first-order valence-corrected chi connectivity index (χ1v) is 18.9. The Kier molecular flexibility index (Phi) is 11.2. The fraction of sp³-hybridized carbons (Fsp3) is 0.625. The molecular weight excluding hydrogens is 617 g/mol. The molecule has 2 saturated heterocycles. The number of benzene rings is 2. The molecule has 3 aliphatic rings. The van der Waals surface area contributed by atoms with Crippen LogP contribution in [0.15, 0.2) is 52.3 Å². The van der Waals surface area contributed by atoms with Crippen molar-refractivity contribution in [1.82, 2.24) is 19.2 Å². The van der Waals surface area contributed by atoms with Crippen LogP contribution in [0.2, 0.25) is 0 Å². The molecule has 1 aliphatic carbocycles. The number of piperidine rings is 1. The van der Waals surface area contributed by atoms with Gasteiger partial charge in [-0.15, -0.1) is 0 Å². The molecular formula is C32H48N4O7S2. The fourth-order valence-corrected chi connectivity index (χ4v) is 9.05. The van der Waals surface area contributed by atoms with Gasteiger partial charge in [-0.2, -0.15) is 4.31 Å². The zero-order valence-electron chi connectivity index (χ0n) is 26.4. The maximum Gasteiger partial charge on any atom is 0.243 e. The van der Waals surface area contributed by atoms with Crippen LogP contribution in [-0.2, 0) is 37.6 Å². The standard InChI is InChI=1S/C32H48N4O7S2/c1-35(2)16-6-15-34-44(38,39)30-10-5-9-29(20-30)42-24-28(37)22-33-27-21-32(43-23-27)13-17-36(18-14-32)45(40,41)31-12-11-25-7-3-4-8-26(25)19-31/h5,9-12,19-20,27-28,33-34,37H,3-4,6-8,13-18,21-24H2,1-2H3/t27?,28-/m0/s1. The second kappa shape index (κ2) is 14.8. The van der Waals surface area contributed by atoms with Gasteiger partial charge in [-0.25, -0.2) is 21.6 Å². The predicted molar refractivity (Wildman–Crippen MR) is 172 cm³/mol. The Morgan fingerprint density at radius 2 is 1.80 bits per heavy atom. The number of hydrogen-bond donors (Lipinski definition) is 3. The van der Waals surface area contributed by atoms with Gasteiger partial charge in [0.25, 0.3) is 0 Å². The summed E-state index contributed by atoms with van der Waals surface area (Å²) in [6, 6.07) is 11.9. The van der Waals surface area contributed by atoms with E-state index in [0.717, 1.165) is 44.2 Å². The number of rotatable bonds is 14. The van der Waals surface area contributed by atoms with Gasteiger partial charge in [0.05, 0.1) is 22.0 Å². The lowest BCUT2D eigenvalue weighted by molar-refractivity contribution is -0.0312. The van der Waals surface area contributed by atoms with Gasteiger partial charge in [-0.1, -0.05) is 12.1 Å². The number of aliphatic hydroxyl groups is 1. The van der Waals surface area contributed by atoms with E-state index in [1.165, 1.54) is 17.7 Å². The van der Waals surface area contributed by atoms with Crippen LogP contribution in [0.4, 0.5) is 0 Å². The van der Waals surface area contributed by atoms with Gasteiger partial charge in [0.2, 0.25) is 20.0 Å². The van der Waals surface area contributed by atoms with Crippen LogP contribution >= 0.6 is 0 Å². The monoisotopic (exact) mass is 664 g/mol. The highest BCUT2D eigenvalue weighted by Crippen LogP contribution is 2.37. The third-order valence-electron chi connectivity index (χ3n) is 9.08. The van der Waals surface area contributed by atoms with Crippen LogP contribution in [0.1, 0.15) is 49.7 Å². The number of nitrogens with zero attached hydrogens (tertiary/aromatic N) is 2. The Bertz CT molecular complexity index is 1510. The van der Waals surface area contributed by atoms with Crippen LogP contribution in [0, 0.1) is 0 Å². The molecule has 1 unspecified atom stereocenters. The first kappa shape index (κ1) is 34.2. The molecule has 2 fully saturated rings. The first-order chi connectivity index (χ1) is 21.5. The number of sulfonamides is 2. The third kappa shape index (κ3) is 8.83. The van der Waals surface area contributed by atoms with E-state index in [1.807, 2.05) is 31.1 Å². The largest absolute Gasteiger partial charge is 0.491 e. The summed E-state index contributed by atoms with van der Waals surface area (Å²) in [5, 5.41) is 13.9. The summed E-state index contributed by atoms with van der Waals surface area (Å²) in [5.41, 5.74) is 2.07. The molecule has 3 N–H and O–H groups in total. The van der Waals surface area contributed by atoms with Crippen molar-refractivity contribution in [1.29, 1.82) is 0 Å². The van der Waals surface area contributed by atoms with Gasteiger partial charge in [0.1, 0.15) is 18.5 Å². The summed E-state index contributed by atoms with van der Waals surface area (Å²) in [7, 11) is -3.33. The Morgan fingerprint density at radius 1 is 1.04 bits per heavy atom. The van der Waals surface area contributed by atoms with E-state index in [0.29, 0.717) is 56.1 Å². The molecule has 1 spiro atoms. The minimum atomic E-state index is -3.66. The molecule has 250 valence electrons. The molecule has 13 heteroatoms. The lowest BCUT2D eigenvalue weighted by Gasteiger charge is -2.38. The average molecular weight is 665 g/mol. The Morgan fingerprint density at radius 3 is 2.56 bits per heavy atom. The lowest BCUT2D eigenvalue weighted by atomic mass is 9.88. The molecule has 2 aliphatic heterocycles. The van der Waals surface area contributed by atoms with Crippen molar-refractivity contribution < 1.29 is 31.4 Å². The second-order valence-electron chi connectivity index (χ2n) is 12.8. The quantitative estimate of drug-likeness (QED) is 0.260. The van der Waals surface area contributed by atoms with E-state index in [1.54, 1.807) is 22.5 Å². The summed E-state index contributed by atoms with van der Waals surface area (Å²) in [6.45, 7) is 2.74. The van der Waals surface area contributed by atoms with Gasteiger partial charge in [-0.3, -0.25) is 0 Å². The van der Waals surface area contributed by atoms with Crippen LogP contribution < -0.4 is 14.8 Å². The summed E-state index contributed by atoms with van der Waals surface area (Å²) in [4.78, 5) is 2.51. The second-order valence-corrected chi connectivity index (χ2v) is 16.5. The van der Waals surface area contributed by atoms with Crippen molar-refractivity contribution in [2.75, 3.05) is 60.0 Å². The van der Waals surface area contributed by atoms with Crippen molar-refractivity contribution in [3.63, 3.8) is 0 Å². The summed E-state index contributed by atoms with van der Waals surface area (Å²) in [5.74, 6) is 0.366. The lowest BCUT2D eigenvalue weighted by Crippen LogP contribution is -2.47.